The summed E-state index contributed by atoms with van der Waals surface area (Å²) >= 11 is 0. The molecule has 1 aliphatic heterocycles. The molecule has 0 aromatic heterocycles. The molecule has 0 spiro atoms. The topological polar surface area (TPSA) is 74.2 Å². The van der Waals surface area contributed by atoms with Gasteiger partial charge in [-0.2, -0.15) is 0 Å². The molecule has 0 amide bonds. The summed E-state index contributed by atoms with van der Waals surface area (Å²) < 4.78 is 62.9. The van der Waals surface area contributed by atoms with Gasteiger partial charge in [0.25, 0.3) is 0 Å². The van der Waals surface area contributed by atoms with Crippen LogP contribution in [0.5, 0.6) is 5.75 Å². The molecule has 38 heavy (non-hydrogen) atoms. The predicted molar refractivity (Wildman–Crippen MR) is 141 cm³/mol. The van der Waals surface area contributed by atoms with E-state index in [2.05, 4.69) is 30.9 Å². The average molecular weight is 546 g/mol. The molecule has 1 heterocycles. The number of halogens is 3. The normalized spacial score (nSPS) is 17.5. The molecular weight excluding hydrogens is 515 g/mol. The Kier molecular flexibility index (Phi) is 7.65. The number of alkyl halides is 3. The zero-order valence-corrected chi connectivity index (χ0v) is 21.5. The van der Waals surface area contributed by atoms with E-state index in [1.807, 2.05) is 36.4 Å². The number of fused-ring (bicyclic) bond motifs is 2. The van der Waals surface area contributed by atoms with E-state index >= 15 is 0 Å². The maximum Gasteiger partial charge on any atom is 0.573 e. The van der Waals surface area contributed by atoms with E-state index in [9.17, 15) is 22.5 Å². The molecule has 1 unspecified atom stereocenters. The summed E-state index contributed by atoms with van der Waals surface area (Å²) in [5.74, 6) is -0.0378. The van der Waals surface area contributed by atoms with Gasteiger partial charge in [-0.25, -0.2) is 13.3 Å². The van der Waals surface area contributed by atoms with Crippen LogP contribution in [0.3, 0.4) is 0 Å². The minimum Gasteiger partial charge on any atom is -0.406 e. The van der Waals surface area contributed by atoms with Crippen LogP contribution in [-0.2, 0) is 22.8 Å². The van der Waals surface area contributed by atoms with Crippen LogP contribution in [0, 0.1) is 5.92 Å². The van der Waals surface area contributed by atoms with Gasteiger partial charge in [0.05, 0.1) is 24.1 Å². The zero-order valence-electron chi connectivity index (χ0n) is 20.7. The molecule has 3 aromatic rings. The number of aliphatic hydroxyl groups is 1. The molecule has 0 bridgehead atoms. The second kappa shape index (κ2) is 11.0. The van der Waals surface area contributed by atoms with E-state index in [0.717, 1.165) is 49.2 Å². The lowest BCUT2D eigenvalue weighted by atomic mass is 10.0. The number of aliphatic hydroxyl groups excluding tert-OH is 1. The van der Waals surface area contributed by atoms with Crippen molar-refractivity contribution in [3.63, 3.8) is 0 Å². The fraction of sp³-hybridized carbons (Fsp3) is 0.357. The van der Waals surface area contributed by atoms with Crippen molar-refractivity contribution < 1.29 is 27.2 Å². The lowest BCUT2D eigenvalue weighted by Gasteiger charge is -2.29. The van der Waals surface area contributed by atoms with E-state index in [4.69, 9.17) is 0 Å². The second-order valence-corrected chi connectivity index (χ2v) is 11.7. The smallest absolute Gasteiger partial charge is 0.406 e. The minimum absolute atomic E-state index is 0.0192. The molecule has 1 saturated carbocycles. The largest absolute Gasteiger partial charge is 0.573 e. The van der Waals surface area contributed by atoms with Crippen molar-refractivity contribution in [2.45, 2.75) is 43.0 Å². The van der Waals surface area contributed by atoms with Crippen LogP contribution >= 0.6 is 0 Å². The first-order valence-corrected chi connectivity index (χ1v) is 14.2. The highest BCUT2D eigenvalue weighted by molar-refractivity contribution is 7.91. The van der Waals surface area contributed by atoms with Gasteiger partial charge < -0.3 is 14.7 Å². The first-order chi connectivity index (χ1) is 18.2. The Morgan fingerprint density at radius 3 is 2.11 bits per heavy atom. The zero-order chi connectivity index (χ0) is 26.8. The molecule has 0 radical (unpaired) electrons. The molecule has 1 fully saturated rings. The lowest BCUT2D eigenvalue weighted by molar-refractivity contribution is -0.274. The van der Waals surface area contributed by atoms with Crippen LogP contribution in [0.25, 0.3) is 0 Å². The van der Waals surface area contributed by atoms with Gasteiger partial charge in [-0.1, -0.05) is 36.4 Å². The summed E-state index contributed by atoms with van der Waals surface area (Å²) in [4.78, 5) is 2.33. The summed E-state index contributed by atoms with van der Waals surface area (Å²) in [6, 6.07) is 21.1. The molecule has 0 saturated heterocycles. The number of benzene rings is 3. The number of rotatable bonds is 9. The Hall–Kier alpha value is -3.08. The van der Waals surface area contributed by atoms with Gasteiger partial charge in [0.15, 0.2) is 0 Å². The molecule has 2 aliphatic rings. The van der Waals surface area contributed by atoms with Gasteiger partial charge in [-0.15, -0.1) is 13.2 Å². The van der Waals surface area contributed by atoms with Gasteiger partial charge in [0, 0.05) is 17.9 Å². The van der Waals surface area contributed by atoms with Crippen molar-refractivity contribution in [3.05, 3.63) is 83.9 Å². The van der Waals surface area contributed by atoms with Gasteiger partial charge in [-0.3, -0.25) is 0 Å². The SMILES string of the molecule is O=S(=NCC1CC1)(NC[C@H](O)CN1c2ccccc2CCc2ccccc21)c1ccc(OC(F)(F)F)cc1. The predicted octanol–water partition coefficient (Wildman–Crippen LogP) is 5.62. The number of hydrogen-bond donors (Lipinski definition) is 2. The van der Waals surface area contributed by atoms with Crippen molar-refractivity contribution in [2.24, 2.45) is 10.3 Å². The number of nitrogens with zero attached hydrogens (tertiary/aromatic N) is 2. The van der Waals surface area contributed by atoms with Gasteiger partial charge in [0.2, 0.25) is 0 Å². The van der Waals surface area contributed by atoms with Crippen molar-refractivity contribution in [2.75, 3.05) is 24.5 Å². The Balaban J connectivity index is 1.35. The third-order valence-corrected chi connectivity index (χ3v) is 8.71. The first-order valence-electron chi connectivity index (χ1n) is 12.6. The molecule has 2 atom stereocenters. The van der Waals surface area contributed by atoms with E-state index < -0.39 is 28.1 Å². The fourth-order valence-electron chi connectivity index (χ4n) is 4.59. The van der Waals surface area contributed by atoms with E-state index in [0.29, 0.717) is 12.5 Å². The Morgan fingerprint density at radius 1 is 0.974 bits per heavy atom. The molecule has 202 valence electrons. The number of hydrogen-bond acceptors (Lipinski definition) is 5. The summed E-state index contributed by atoms with van der Waals surface area (Å²) in [6.07, 6.45) is -1.92. The van der Waals surface area contributed by atoms with Crippen molar-refractivity contribution in [3.8, 4) is 5.75 Å². The quantitative estimate of drug-likeness (QED) is 0.366. The van der Waals surface area contributed by atoms with Gasteiger partial charge in [0.1, 0.15) is 15.7 Å². The highest BCUT2D eigenvalue weighted by Crippen LogP contribution is 2.36. The molecule has 6 nitrogen and oxygen atoms in total. The number of ether oxygens (including phenoxy) is 1. The number of nitrogens with one attached hydrogen (secondary N) is 1. The maximum absolute atomic E-state index is 13.9. The minimum atomic E-state index is -4.81. The summed E-state index contributed by atoms with van der Waals surface area (Å²) in [7, 11) is -3.19. The number of anilines is 2. The average Bonchev–Trinajstić information content (AvgIpc) is 3.74. The van der Waals surface area contributed by atoms with Crippen LogP contribution in [0.4, 0.5) is 24.5 Å². The van der Waals surface area contributed by atoms with Gasteiger partial charge in [-0.05, 0) is 79.1 Å². The molecule has 10 heteroatoms. The van der Waals surface area contributed by atoms with Gasteiger partial charge >= 0.3 is 6.36 Å². The number of para-hydroxylation sites is 2. The van der Waals surface area contributed by atoms with E-state index in [1.54, 1.807) is 0 Å². The molecule has 5 rings (SSSR count). The molecule has 1 aliphatic carbocycles. The van der Waals surface area contributed by atoms with Crippen LogP contribution in [0.1, 0.15) is 24.0 Å². The third kappa shape index (κ3) is 6.48. The van der Waals surface area contributed by atoms with Crippen molar-refractivity contribution in [1.29, 1.82) is 0 Å². The number of β-amino-alcohol motifs (C(OH)–C–C–N with tert-alkyl or cyclic N) is 1. The highest BCUT2D eigenvalue weighted by atomic mass is 32.2. The monoisotopic (exact) mass is 545 g/mol. The summed E-state index contributed by atoms with van der Waals surface area (Å²) in [6.45, 7) is 0.627. The Morgan fingerprint density at radius 2 is 1.55 bits per heavy atom. The molecule has 3 aromatic carbocycles. The Bertz CT molecular complexity index is 1340. The maximum atomic E-state index is 13.9. The molecular formula is C28H30F3N3O3S. The third-order valence-electron chi connectivity index (χ3n) is 6.72. The van der Waals surface area contributed by atoms with Crippen molar-refractivity contribution in [1.82, 2.24) is 4.72 Å². The van der Waals surface area contributed by atoms with Crippen LogP contribution in [0.2, 0.25) is 0 Å². The highest BCUT2D eigenvalue weighted by Gasteiger charge is 2.31. The second-order valence-electron chi connectivity index (χ2n) is 9.67. The standard InChI is InChI=1S/C28H30F3N3O3S/c29-28(30,31)37-24-13-15-25(16-14-24)38(36,32-17-20-9-10-20)33-18-23(35)19-34-26-7-3-1-5-21(26)11-12-22-6-2-4-8-27(22)34/h1-8,13-16,20,23,35H,9-12,17-19H2,(H,32,33,36)/t23-,38?/m0/s1. The lowest BCUT2D eigenvalue weighted by Crippen LogP contribution is -2.39. The number of aryl methyl sites for hydroxylation is 2. The van der Waals surface area contributed by atoms with E-state index in [-0.39, 0.29) is 18.0 Å². The fourth-order valence-corrected chi connectivity index (χ4v) is 6.34. The first kappa shape index (κ1) is 26.5. The Labute approximate surface area is 220 Å². The molecule has 2 N–H and O–H groups in total. The van der Waals surface area contributed by atoms with Crippen LogP contribution in [0.15, 0.2) is 82.1 Å². The summed E-state index contributed by atoms with van der Waals surface area (Å²) in [5, 5.41) is 11.1. The summed E-state index contributed by atoms with van der Waals surface area (Å²) in [5.41, 5.74) is 4.42. The van der Waals surface area contributed by atoms with Crippen LogP contribution < -0.4 is 14.4 Å². The van der Waals surface area contributed by atoms with Crippen LogP contribution in [-0.4, -0.2) is 41.4 Å². The van der Waals surface area contributed by atoms with Crippen molar-refractivity contribution >= 4 is 21.3 Å². The van der Waals surface area contributed by atoms with E-state index in [1.165, 1.54) is 23.3 Å².